The highest BCUT2D eigenvalue weighted by Crippen LogP contribution is 2.54. The number of hydrogen-bond donors (Lipinski definition) is 5. The van der Waals surface area contributed by atoms with Crippen LogP contribution in [0.15, 0.2) is 30.3 Å². The summed E-state index contributed by atoms with van der Waals surface area (Å²) in [5.41, 5.74) is 13.9. The minimum Gasteiger partial charge on any atom is -0.463 e. The third-order valence-corrected chi connectivity index (χ3v) is 7.26. The first kappa shape index (κ1) is 26.2. The largest absolute Gasteiger partial charge is 0.463 e. The van der Waals surface area contributed by atoms with E-state index in [0.29, 0.717) is 18.3 Å². The van der Waals surface area contributed by atoms with Crippen LogP contribution in [-0.2, 0) is 18.8 Å². The fraction of sp³-hybridized carbons (Fsp3) is 0.444. The van der Waals surface area contributed by atoms with Crippen LogP contribution in [0.25, 0.3) is 0 Å². The zero-order valence-corrected chi connectivity index (χ0v) is 18.5. The van der Waals surface area contributed by atoms with Gasteiger partial charge in [0.05, 0.1) is 5.66 Å². The second-order valence-electron chi connectivity index (χ2n) is 6.85. The Morgan fingerprint density at radius 1 is 1.19 bits per heavy atom. The molecular formula is C18H30N7O5P. The van der Waals surface area contributed by atoms with Gasteiger partial charge in [0.25, 0.3) is 0 Å². The molecule has 1 fully saturated rings. The van der Waals surface area contributed by atoms with Gasteiger partial charge in [-0.3, -0.25) is 9.36 Å². The van der Waals surface area contributed by atoms with E-state index in [4.69, 9.17) is 26.7 Å². The summed E-state index contributed by atoms with van der Waals surface area (Å²) in [5.74, 6) is -0.210. The van der Waals surface area contributed by atoms with Crippen LogP contribution in [0.5, 0.6) is 0 Å². The van der Waals surface area contributed by atoms with Gasteiger partial charge in [-0.2, -0.15) is 15.0 Å². The lowest BCUT2D eigenvalue weighted by Gasteiger charge is -2.32. The molecule has 0 aliphatic carbocycles. The highest BCUT2D eigenvalue weighted by Gasteiger charge is 2.51. The maximum atomic E-state index is 12.9. The maximum Gasteiger partial charge on any atom is 0.305 e. The molecule has 31 heavy (non-hydrogen) atoms. The molecule has 12 nitrogen and oxygen atoms in total. The number of benzene rings is 1. The summed E-state index contributed by atoms with van der Waals surface area (Å²) < 4.78 is 23.7. The number of ether oxygens (including phenoxy) is 2. The Kier molecular flexibility index (Phi) is 9.32. The molecule has 1 aliphatic heterocycles. The molecule has 0 amide bonds. The van der Waals surface area contributed by atoms with Crippen molar-refractivity contribution in [2.75, 3.05) is 30.4 Å². The number of carbonyl (C=O) groups excluding carboxylic acids is 1. The molecular weight excluding hydrogens is 425 g/mol. The Balaban J connectivity index is 0.000000404. The maximum absolute atomic E-state index is 12.9. The standard InChI is InChI=1S/C15H21O5P.C3H6N6.H3N/c1-3-14(16)19-11-15(2)13(9-10-20-15)21(17,18)12-7-5-4-6-8-12;4-1-7-2(5)9-3(6)8-1;/h4-8,13H,3,9-11H2,1-2H3,(H,17,18);(H6,4,5,6,7,8,9);1H3. The first-order valence-corrected chi connectivity index (χ1v) is 11.0. The molecule has 10 N–H and O–H groups in total. The van der Waals surface area contributed by atoms with Gasteiger partial charge < -0.3 is 37.7 Å². The molecule has 172 valence electrons. The molecule has 0 bridgehead atoms. The molecule has 1 saturated heterocycles. The third kappa shape index (κ3) is 6.86. The second-order valence-corrected chi connectivity index (χ2v) is 9.23. The number of esters is 1. The summed E-state index contributed by atoms with van der Waals surface area (Å²) in [6.45, 7) is 3.84. The van der Waals surface area contributed by atoms with Crippen LogP contribution in [0.4, 0.5) is 17.8 Å². The molecule has 3 unspecified atom stereocenters. The number of anilines is 3. The van der Waals surface area contributed by atoms with Gasteiger partial charge in [-0.25, -0.2) is 0 Å². The van der Waals surface area contributed by atoms with Crippen LogP contribution >= 0.6 is 7.37 Å². The van der Waals surface area contributed by atoms with Crippen molar-refractivity contribution in [3.63, 3.8) is 0 Å². The predicted molar refractivity (Wildman–Crippen MR) is 118 cm³/mol. The van der Waals surface area contributed by atoms with Crippen LogP contribution in [-0.4, -0.2) is 50.3 Å². The van der Waals surface area contributed by atoms with Crippen molar-refractivity contribution in [1.82, 2.24) is 21.1 Å². The first-order chi connectivity index (χ1) is 14.1. The molecule has 0 spiro atoms. The summed E-state index contributed by atoms with van der Waals surface area (Å²) in [7, 11) is -3.60. The number of nitrogens with zero attached hydrogens (tertiary/aromatic N) is 3. The third-order valence-electron chi connectivity index (χ3n) is 4.57. The lowest BCUT2D eigenvalue weighted by Crippen LogP contribution is -2.42. The quantitative estimate of drug-likeness (QED) is 0.312. The van der Waals surface area contributed by atoms with E-state index in [1.807, 2.05) is 0 Å². The highest BCUT2D eigenvalue weighted by molar-refractivity contribution is 7.66. The summed E-state index contributed by atoms with van der Waals surface area (Å²) in [5, 5.41) is 0.411. The minimum absolute atomic E-state index is 0. The van der Waals surface area contributed by atoms with Crippen LogP contribution in [0.1, 0.15) is 26.7 Å². The van der Waals surface area contributed by atoms with Crippen molar-refractivity contribution in [3.8, 4) is 0 Å². The molecule has 3 atom stereocenters. The van der Waals surface area contributed by atoms with E-state index in [1.165, 1.54) is 0 Å². The monoisotopic (exact) mass is 455 g/mol. The van der Waals surface area contributed by atoms with Gasteiger partial charge in [0.15, 0.2) is 0 Å². The summed E-state index contributed by atoms with van der Waals surface area (Å²) >= 11 is 0. The average Bonchev–Trinajstić information content (AvgIpc) is 3.09. The lowest BCUT2D eigenvalue weighted by atomic mass is 10.0. The average molecular weight is 455 g/mol. The van der Waals surface area contributed by atoms with E-state index in [2.05, 4.69) is 15.0 Å². The molecule has 3 rings (SSSR count). The Hall–Kier alpha value is -2.79. The van der Waals surface area contributed by atoms with Crippen LogP contribution < -0.4 is 28.7 Å². The van der Waals surface area contributed by atoms with Crippen molar-refractivity contribution in [3.05, 3.63) is 30.3 Å². The zero-order valence-electron chi connectivity index (χ0n) is 17.6. The van der Waals surface area contributed by atoms with Crippen LogP contribution in [0.3, 0.4) is 0 Å². The predicted octanol–water partition coefficient (Wildman–Crippen LogP) is 0.863. The summed E-state index contributed by atoms with van der Waals surface area (Å²) in [4.78, 5) is 32.4. The Morgan fingerprint density at radius 2 is 1.71 bits per heavy atom. The number of nitrogen functional groups attached to an aromatic ring is 3. The van der Waals surface area contributed by atoms with E-state index < -0.39 is 18.6 Å². The topological polar surface area (TPSA) is 225 Å². The fourth-order valence-electron chi connectivity index (χ4n) is 3.06. The molecule has 1 aromatic carbocycles. The normalized spacial score (nSPS) is 21.7. The van der Waals surface area contributed by atoms with Crippen molar-refractivity contribution in [1.29, 1.82) is 0 Å². The van der Waals surface area contributed by atoms with E-state index in [0.717, 1.165) is 0 Å². The molecule has 2 aromatic rings. The van der Waals surface area contributed by atoms with Crippen LogP contribution in [0.2, 0.25) is 0 Å². The number of carbonyl (C=O) groups is 1. The first-order valence-electron chi connectivity index (χ1n) is 9.28. The van der Waals surface area contributed by atoms with Gasteiger partial charge in [-0.15, -0.1) is 0 Å². The SMILES string of the molecule is CCC(=O)OCC1(C)OCCC1P(=O)(O)c1ccccc1.N.Nc1nc(N)nc(N)n1. The molecule has 1 aliphatic rings. The van der Waals surface area contributed by atoms with Crippen LogP contribution in [0, 0.1) is 0 Å². The van der Waals surface area contributed by atoms with Gasteiger partial charge in [0.2, 0.25) is 25.2 Å². The Bertz CT molecular complexity index is 867. The number of hydrogen-bond acceptors (Lipinski definition) is 11. The fourth-order valence-corrected chi connectivity index (χ4v) is 5.37. The van der Waals surface area contributed by atoms with Gasteiger partial charge in [-0.1, -0.05) is 25.1 Å². The van der Waals surface area contributed by atoms with Crippen molar-refractivity contribution in [2.24, 2.45) is 0 Å². The minimum atomic E-state index is -3.60. The Morgan fingerprint density at radius 3 is 2.19 bits per heavy atom. The Labute approximate surface area is 180 Å². The summed E-state index contributed by atoms with van der Waals surface area (Å²) in [6, 6.07) is 8.58. The molecule has 1 aromatic heterocycles. The highest BCUT2D eigenvalue weighted by atomic mass is 31.2. The van der Waals surface area contributed by atoms with Gasteiger partial charge >= 0.3 is 5.97 Å². The second kappa shape index (κ2) is 11.0. The van der Waals surface area contributed by atoms with Crippen molar-refractivity contribution in [2.45, 2.75) is 37.9 Å². The van der Waals surface area contributed by atoms with E-state index in [1.54, 1.807) is 44.2 Å². The molecule has 0 radical (unpaired) electrons. The zero-order chi connectivity index (χ0) is 22.4. The molecule has 13 heteroatoms. The molecule has 2 heterocycles. The van der Waals surface area contributed by atoms with E-state index in [9.17, 15) is 14.3 Å². The lowest BCUT2D eigenvalue weighted by molar-refractivity contribution is -0.150. The van der Waals surface area contributed by atoms with Gasteiger partial charge in [0.1, 0.15) is 12.2 Å². The van der Waals surface area contributed by atoms with Gasteiger partial charge in [0, 0.05) is 18.3 Å². The van der Waals surface area contributed by atoms with Crippen molar-refractivity contribution < 1.29 is 23.7 Å². The van der Waals surface area contributed by atoms with Crippen molar-refractivity contribution >= 4 is 36.5 Å². The number of nitrogens with two attached hydrogens (primary N) is 3. The van der Waals surface area contributed by atoms with Gasteiger partial charge in [-0.05, 0) is 25.5 Å². The van der Waals surface area contributed by atoms with E-state index in [-0.39, 0.29) is 43.0 Å². The number of aromatic nitrogens is 3. The smallest absolute Gasteiger partial charge is 0.305 e. The van der Waals surface area contributed by atoms with E-state index >= 15 is 0 Å². The summed E-state index contributed by atoms with van der Waals surface area (Å²) in [6.07, 6.45) is 0.749. The number of rotatable bonds is 5. The molecule has 0 saturated carbocycles.